The van der Waals surface area contributed by atoms with Gasteiger partial charge in [-0.25, -0.2) is 9.89 Å². The van der Waals surface area contributed by atoms with Crippen LogP contribution in [0.5, 0.6) is 0 Å². The summed E-state index contributed by atoms with van der Waals surface area (Å²) in [6, 6.07) is 5.06. The lowest BCUT2D eigenvalue weighted by atomic mass is 10.1. The number of halogens is 8. The van der Waals surface area contributed by atoms with Crippen LogP contribution in [0.4, 0.5) is 42.5 Å². The van der Waals surface area contributed by atoms with E-state index in [-0.39, 0.29) is 37.6 Å². The van der Waals surface area contributed by atoms with Crippen LogP contribution in [-0.2, 0) is 12.4 Å². The molecule has 3 aromatic rings. The molecule has 2 aromatic carbocycles. The van der Waals surface area contributed by atoms with Gasteiger partial charge in [-0.05, 0) is 30.3 Å². The SMILES string of the molecule is O=C(c1ccccc1Cl)N(Br)C(=O)N(c1cc(C(F)(F)F)cc(C(F)(F)F)c1)c1cn[nH]c(=O)c1. The second-order valence-corrected chi connectivity index (χ2v) is 7.87. The highest BCUT2D eigenvalue weighted by Gasteiger charge is 2.39. The first-order valence-corrected chi connectivity index (χ1v) is 10.2. The lowest BCUT2D eigenvalue weighted by molar-refractivity contribution is -0.143. The zero-order valence-electron chi connectivity index (χ0n) is 16.8. The van der Waals surface area contributed by atoms with Gasteiger partial charge in [0, 0.05) is 6.07 Å². The summed E-state index contributed by atoms with van der Waals surface area (Å²) in [5, 5.41) is 5.29. The van der Waals surface area contributed by atoms with E-state index in [0.717, 1.165) is 6.20 Å². The highest BCUT2D eigenvalue weighted by Crippen LogP contribution is 2.40. The largest absolute Gasteiger partial charge is 0.416 e. The number of aromatic amines is 1. The van der Waals surface area contributed by atoms with E-state index in [1.807, 2.05) is 5.10 Å². The standard InChI is InChI=1S/C20H10BrClF6N4O3/c21-32(17(34)14-3-1-2-4-15(14)22)18(35)31(13-8-16(33)30-29-9-13)12-6-10(19(23,24)25)5-11(7-12)20(26,27)28/h1-9H,(H,30,33). The van der Waals surface area contributed by atoms with Crippen LogP contribution in [0.3, 0.4) is 0 Å². The molecule has 15 heteroatoms. The summed E-state index contributed by atoms with van der Waals surface area (Å²) >= 11 is 8.64. The van der Waals surface area contributed by atoms with Gasteiger partial charge in [0.25, 0.3) is 11.5 Å². The second-order valence-electron chi connectivity index (χ2n) is 6.75. The zero-order valence-corrected chi connectivity index (χ0v) is 19.1. The number of benzene rings is 2. The molecule has 7 nitrogen and oxygen atoms in total. The smallest absolute Gasteiger partial charge is 0.268 e. The molecule has 0 aliphatic carbocycles. The number of H-pyrrole nitrogens is 1. The van der Waals surface area contributed by atoms with Gasteiger partial charge in [-0.2, -0.15) is 35.4 Å². The maximum atomic E-state index is 13.4. The third-order valence-electron chi connectivity index (χ3n) is 4.38. The van der Waals surface area contributed by atoms with Gasteiger partial charge in [-0.15, -0.1) is 0 Å². The Bertz CT molecular complexity index is 1310. The van der Waals surface area contributed by atoms with E-state index < -0.39 is 52.4 Å². The molecule has 1 heterocycles. The highest BCUT2D eigenvalue weighted by atomic mass is 79.9. The normalized spacial score (nSPS) is 11.8. The van der Waals surface area contributed by atoms with E-state index in [1.165, 1.54) is 24.3 Å². The van der Waals surface area contributed by atoms with E-state index in [2.05, 4.69) is 21.2 Å². The molecule has 0 atom stereocenters. The lowest BCUT2D eigenvalue weighted by Gasteiger charge is -2.27. The number of urea groups is 1. The quantitative estimate of drug-likeness (QED) is 0.295. The molecule has 184 valence electrons. The summed E-state index contributed by atoms with van der Waals surface area (Å²) in [6.07, 6.45) is -9.65. The molecular weight excluding hydrogens is 574 g/mol. The maximum absolute atomic E-state index is 13.4. The molecule has 0 spiro atoms. The van der Waals surface area contributed by atoms with Crippen molar-refractivity contribution in [1.29, 1.82) is 0 Å². The van der Waals surface area contributed by atoms with Gasteiger partial charge < -0.3 is 0 Å². The van der Waals surface area contributed by atoms with Crippen molar-refractivity contribution in [3.05, 3.63) is 86.8 Å². The Morgan fingerprint density at radius 1 is 0.914 bits per heavy atom. The van der Waals surface area contributed by atoms with Gasteiger partial charge in [0.2, 0.25) is 0 Å². The Labute approximate surface area is 205 Å². The fraction of sp³-hybridized carbons (Fsp3) is 0.100. The summed E-state index contributed by atoms with van der Waals surface area (Å²) in [5.41, 5.74) is -6.05. The Morgan fingerprint density at radius 2 is 1.49 bits per heavy atom. The van der Waals surface area contributed by atoms with Crippen LogP contribution in [0.15, 0.2) is 59.5 Å². The number of hydrogen-bond donors (Lipinski definition) is 1. The summed E-state index contributed by atoms with van der Waals surface area (Å²) in [6.45, 7) is 0. The Hall–Kier alpha value is -3.39. The molecule has 0 unspecified atom stereocenters. The number of hydrogen-bond acceptors (Lipinski definition) is 4. The molecule has 0 saturated heterocycles. The molecule has 0 saturated carbocycles. The van der Waals surface area contributed by atoms with Crippen molar-refractivity contribution in [2.24, 2.45) is 0 Å². The molecule has 0 bridgehead atoms. The van der Waals surface area contributed by atoms with Crippen molar-refractivity contribution >= 4 is 51.1 Å². The first-order valence-electron chi connectivity index (χ1n) is 9.13. The fourth-order valence-corrected chi connectivity index (χ4v) is 3.41. The number of aromatic nitrogens is 2. The fourth-order valence-electron chi connectivity index (χ4n) is 2.84. The van der Waals surface area contributed by atoms with E-state index in [9.17, 15) is 40.7 Å². The van der Waals surface area contributed by atoms with Crippen molar-refractivity contribution in [2.45, 2.75) is 12.4 Å². The Kier molecular flexibility index (Phi) is 7.26. The molecule has 35 heavy (non-hydrogen) atoms. The summed E-state index contributed by atoms with van der Waals surface area (Å²) < 4.78 is 80.6. The lowest BCUT2D eigenvalue weighted by Crippen LogP contribution is -2.39. The van der Waals surface area contributed by atoms with E-state index in [4.69, 9.17) is 11.6 Å². The first kappa shape index (κ1) is 26.2. The number of carbonyl (C=O) groups is 2. The average molecular weight is 584 g/mol. The number of carbonyl (C=O) groups excluding carboxylic acids is 2. The van der Waals surface area contributed by atoms with Crippen LogP contribution in [0.2, 0.25) is 5.02 Å². The van der Waals surface area contributed by atoms with Crippen molar-refractivity contribution in [2.75, 3.05) is 4.90 Å². The van der Waals surface area contributed by atoms with Crippen LogP contribution < -0.4 is 10.5 Å². The highest BCUT2D eigenvalue weighted by molar-refractivity contribution is 9.08. The Morgan fingerprint density at radius 3 is 2.00 bits per heavy atom. The zero-order chi connectivity index (χ0) is 26.1. The maximum Gasteiger partial charge on any atom is 0.416 e. The summed E-state index contributed by atoms with van der Waals surface area (Å²) in [5.74, 6) is -1.09. The predicted molar refractivity (Wildman–Crippen MR) is 115 cm³/mol. The molecule has 0 fully saturated rings. The minimum atomic E-state index is -5.22. The van der Waals surface area contributed by atoms with Gasteiger partial charge >= 0.3 is 18.4 Å². The van der Waals surface area contributed by atoms with Crippen molar-refractivity contribution in [3.63, 3.8) is 0 Å². The van der Waals surface area contributed by atoms with Crippen molar-refractivity contribution in [1.82, 2.24) is 14.1 Å². The van der Waals surface area contributed by atoms with Gasteiger partial charge in [0.15, 0.2) is 0 Å². The molecule has 0 radical (unpaired) electrons. The van der Waals surface area contributed by atoms with Gasteiger partial charge in [-0.3, -0.25) is 14.5 Å². The molecule has 0 aliphatic rings. The number of anilines is 2. The third kappa shape index (κ3) is 5.82. The van der Waals surface area contributed by atoms with Crippen molar-refractivity contribution in [3.8, 4) is 0 Å². The van der Waals surface area contributed by atoms with Crippen molar-refractivity contribution < 1.29 is 35.9 Å². The first-order chi connectivity index (χ1) is 16.2. The number of rotatable bonds is 3. The van der Waals surface area contributed by atoms with Gasteiger partial charge in [0.1, 0.15) is 0 Å². The number of alkyl halides is 6. The van der Waals surface area contributed by atoms with Crippen LogP contribution in [0, 0.1) is 0 Å². The van der Waals surface area contributed by atoms with Gasteiger partial charge in [0.05, 0.1) is 55.4 Å². The van der Waals surface area contributed by atoms with E-state index >= 15 is 0 Å². The second kappa shape index (κ2) is 9.70. The average Bonchev–Trinajstić information content (AvgIpc) is 2.77. The molecule has 1 N–H and O–H groups in total. The van der Waals surface area contributed by atoms with E-state index in [1.54, 1.807) is 0 Å². The predicted octanol–water partition coefficient (Wildman–Crippen LogP) is 6.17. The number of nitrogens with zero attached hydrogens (tertiary/aromatic N) is 3. The molecule has 0 aliphatic heterocycles. The number of nitrogens with one attached hydrogen (secondary N) is 1. The van der Waals surface area contributed by atoms with E-state index in [0.29, 0.717) is 6.07 Å². The number of imide groups is 1. The third-order valence-corrected chi connectivity index (χ3v) is 5.34. The van der Waals surface area contributed by atoms with Crippen LogP contribution >= 0.6 is 27.7 Å². The minimum absolute atomic E-state index is 0.0856. The summed E-state index contributed by atoms with van der Waals surface area (Å²) in [7, 11) is 0. The van der Waals surface area contributed by atoms with Crippen LogP contribution in [0.25, 0.3) is 0 Å². The minimum Gasteiger partial charge on any atom is -0.268 e. The molecule has 3 rings (SSSR count). The molecule has 1 aromatic heterocycles. The summed E-state index contributed by atoms with van der Waals surface area (Å²) in [4.78, 5) is 38.1. The number of amides is 3. The molecule has 3 amide bonds. The van der Waals surface area contributed by atoms with Crippen LogP contribution in [-0.4, -0.2) is 26.1 Å². The monoisotopic (exact) mass is 582 g/mol. The van der Waals surface area contributed by atoms with Crippen LogP contribution in [0.1, 0.15) is 21.5 Å². The Balaban J connectivity index is 2.22. The van der Waals surface area contributed by atoms with Gasteiger partial charge in [-0.1, -0.05) is 23.7 Å². The topological polar surface area (TPSA) is 86.4 Å². The molecular formula is C20H10BrClF6N4O3.